The van der Waals surface area contributed by atoms with Gasteiger partial charge in [0.15, 0.2) is 0 Å². The minimum absolute atomic E-state index is 0.0193. The van der Waals surface area contributed by atoms with Crippen molar-refractivity contribution in [3.8, 4) is 11.5 Å². The Morgan fingerprint density at radius 3 is 1.19 bits per heavy atom. The maximum Gasteiger partial charge on any atom is 0.253 e. The fourth-order valence-electron chi connectivity index (χ4n) is 2.85. The number of carbonyl (C=O) groups is 2. The van der Waals surface area contributed by atoms with Crippen LogP contribution in [0, 0.1) is 0 Å². The van der Waals surface area contributed by atoms with Crippen LogP contribution in [0.15, 0.2) is 48.5 Å². The van der Waals surface area contributed by atoms with E-state index in [4.69, 9.17) is 4.74 Å². The van der Waals surface area contributed by atoms with E-state index in [0.717, 1.165) is 0 Å². The summed E-state index contributed by atoms with van der Waals surface area (Å²) in [5, 5.41) is 0. The van der Waals surface area contributed by atoms with Gasteiger partial charge in [0, 0.05) is 37.3 Å². The summed E-state index contributed by atoms with van der Waals surface area (Å²) in [6.45, 7) is 10.6. The van der Waals surface area contributed by atoms with Crippen molar-refractivity contribution in [1.82, 2.24) is 9.80 Å². The number of rotatable bonds is 8. The average molecular weight is 368 g/mol. The molecule has 0 aliphatic rings. The molecule has 0 unspecified atom stereocenters. The zero-order chi connectivity index (χ0) is 19.8. The number of ether oxygens (including phenoxy) is 1. The minimum atomic E-state index is 0.0193. The Labute approximate surface area is 161 Å². The van der Waals surface area contributed by atoms with E-state index in [1.807, 2.05) is 27.7 Å². The SMILES string of the molecule is CCN(CC)C(=O)c1ccc(Oc2ccc(C(=O)N(CC)CC)cc2)cc1. The molecule has 2 amide bonds. The maximum atomic E-state index is 12.3. The first kappa shape index (κ1) is 20.5. The standard InChI is InChI=1S/C22H28N2O3/c1-5-23(6-2)21(25)17-9-13-19(14-10-17)27-20-15-11-18(12-16-20)22(26)24(7-3)8-4/h9-16H,5-8H2,1-4H3. The second-order valence-electron chi connectivity index (χ2n) is 6.11. The van der Waals surface area contributed by atoms with Gasteiger partial charge in [0.1, 0.15) is 11.5 Å². The predicted molar refractivity (Wildman–Crippen MR) is 107 cm³/mol. The Morgan fingerprint density at radius 2 is 0.926 bits per heavy atom. The van der Waals surface area contributed by atoms with Gasteiger partial charge in [0.2, 0.25) is 0 Å². The molecule has 144 valence electrons. The monoisotopic (exact) mass is 368 g/mol. The van der Waals surface area contributed by atoms with E-state index < -0.39 is 0 Å². The Bertz CT molecular complexity index is 681. The fraction of sp³-hybridized carbons (Fsp3) is 0.364. The van der Waals surface area contributed by atoms with Crippen LogP contribution < -0.4 is 4.74 Å². The van der Waals surface area contributed by atoms with Crippen molar-refractivity contribution in [3.63, 3.8) is 0 Å². The van der Waals surface area contributed by atoms with Crippen LogP contribution in [0.4, 0.5) is 0 Å². The zero-order valence-corrected chi connectivity index (χ0v) is 16.6. The lowest BCUT2D eigenvalue weighted by Gasteiger charge is -2.19. The van der Waals surface area contributed by atoms with Gasteiger partial charge >= 0.3 is 0 Å². The van der Waals surface area contributed by atoms with Crippen LogP contribution in [0.25, 0.3) is 0 Å². The van der Waals surface area contributed by atoms with Crippen molar-refractivity contribution in [2.75, 3.05) is 26.2 Å². The van der Waals surface area contributed by atoms with E-state index in [1.54, 1.807) is 58.3 Å². The van der Waals surface area contributed by atoms with E-state index in [9.17, 15) is 9.59 Å². The number of benzene rings is 2. The van der Waals surface area contributed by atoms with E-state index >= 15 is 0 Å². The third-order valence-corrected chi connectivity index (χ3v) is 4.54. The molecule has 0 N–H and O–H groups in total. The van der Waals surface area contributed by atoms with Gasteiger partial charge in [0.05, 0.1) is 0 Å². The van der Waals surface area contributed by atoms with Crippen LogP contribution in [0.3, 0.4) is 0 Å². The molecule has 5 nitrogen and oxygen atoms in total. The Balaban J connectivity index is 2.05. The number of nitrogens with zero attached hydrogens (tertiary/aromatic N) is 2. The van der Waals surface area contributed by atoms with Crippen molar-refractivity contribution < 1.29 is 14.3 Å². The molecule has 2 rings (SSSR count). The molecule has 0 fully saturated rings. The summed E-state index contributed by atoms with van der Waals surface area (Å²) in [7, 11) is 0. The highest BCUT2D eigenvalue weighted by Crippen LogP contribution is 2.23. The molecule has 0 aliphatic carbocycles. The van der Waals surface area contributed by atoms with Crippen molar-refractivity contribution in [2.24, 2.45) is 0 Å². The van der Waals surface area contributed by atoms with Gasteiger partial charge in [-0.25, -0.2) is 0 Å². The van der Waals surface area contributed by atoms with Gasteiger partial charge in [-0.15, -0.1) is 0 Å². The van der Waals surface area contributed by atoms with Crippen LogP contribution in [-0.2, 0) is 0 Å². The topological polar surface area (TPSA) is 49.9 Å². The van der Waals surface area contributed by atoms with Crippen LogP contribution in [0.2, 0.25) is 0 Å². The first-order valence-electron chi connectivity index (χ1n) is 9.50. The number of hydrogen-bond donors (Lipinski definition) is 0. The molecular weight excluding hydrogens is 340 g/mol. The largest absolute Gasteiger partial charge is 0.457 e. The zero-order valence-electron chi connectivity index (χ0n) is 16.6. The summed E-state index contributed by atoms with van der Waals surface area (Å²) in [4.78, 5) is 28.2. The molecule has 5 heteroatoms. The quantitative estimate of drug-likeness (QED) is 0.692. The Kier molecular flexibility index (Phi) is 7.41. The van der Waals surface area contributed by atoms with Crippen molar-refractivity contribution in [3.05, 3.63) is 59.7 Å². The second-order valence-corrected chi connectivity index (χ2v) is 6.11. The third kappa shape index (κ3) is 5.09. The van der Waals surface area contributed by atoms with Crippen LogP contribution >= 0.6 is 0 Å². The molecule has 0 saturated carbocycles. The normalized spacial score (nSPS) is 10.4. The molecule has 0 heterocycles. The molecule has 0 aromatic heterocycles. The molecule has 0 saturated heterocycles. The third-order valence-electron chi connectivity index (χ3n) is 4.54. The minimum Gasteiger partial charge on any atom is -0.457 e. The van der Waals surface area contributed by atoms with Gasteiger partial charge in [0.25, 0.3) is 11.8 Å². The van der Waals surface area contributed by atoms with Crippen molar-refractivity contribution in [1.29, 1.82) is 0 Å². The highest BCUT2D eigenvalue weighted by Gasteiger charge is 2.13. The number of carbonyl (C=O) groups excluding carboxylic acids is 2. The first-order chi connectivity index (χ1) is 13.0. The average Bonchev–Trinajstić information content (AvgIpc) is 2.71. The molecule has 0 bridgehead atoms. The summed E-state index contributed by atoms with van der Waals surface area (Å²) < 4.78 is 5.82. The highest BCUT2D eigenvalue weighted by atomic mass is 16.5. The summed E-state index contributed by atoms with van der Waals surface area (Å²) in [6.07, 6.45) is 0. The molecule has 0 radical (unpaired) electrons. The van der Waals surface area contributed by atoms with Gasteiger partial charge < -0.3 is 14.5 Å². The lowest BCUT2D eigenvalue weighted by atomic mass is 10.1. The van der Waals surface area contributed by atoms with Gasteiger partial charge in [-0.2, -0.15) is 0 Å². The number of amides is 2. The summed E-state index contributed by atoms with van der Waals surface area (Å²) >= 11 is 0. The van der Waals surface area contributed by atoms with Crippen molar-refractivity contribution in [2.45, 2.75) is 27.7 Å². The summed E-state index contributed by atoms with van der Waals surface area (Å²) in [5.41, 5.74) is 1.29. The lowest BCUT2D eigenvalue weighted by Crippen LogP contribution is -2.30. The number of hydrogen-bond acceptors (Lipinski definition) is 3. The van der Waals surface area contributed by atoms with Gasteiger partial charge in [-0.1, -0.05) is 0 Å². The molecule has 2 aromatic carbocycles. The molecule has 0 atom stereocenters. The Morgan fingerprint density at radius 1 is 0.630 bits per heavy atom. The fourth-order valence-corrected chi connectivity index (χ4v) is 2.85. The highest BCUT2D eigenvalue weighted by molar-refractivity contribution is 5.94. The molecule has 0 spiro atoms. The van der Waals surface area contributed by atoms with Crippen LogP contribution in [0.5, 0.6) is 11.5 Å². The van der Waals surface area contributed by atoms with E-state index in [2.05, 4.69) is 0 Å². The van der Waals surface area contributed by atoms with Gasteiger partial charge in [-0.3, -0.25) is 9.59 Å². The summed E-state index contributed by atoms with van der Waals surface area (Å²) in [6, 6.07) is 14.2. The maximum absolute atomic E-state index is 12.3. The van der Waals surface area contributed by atoms with Crippen molar-refractivity contribution >= 4 is 11.8 Å². The smallest absolute Gasteiger partial charge is 0.253 e. The Hall–Kier alpha value is -2.82. The lowest BCUT2D eigenvalue weighted by molar-refractivity contribution is 0.0765. The first-order valence-corrected chi connectivity index (χ1v) is 9.50. The summed E-state index contributed by atoms with van der Waals surface area (Å²) in [5.74, 6) is 1.33. The van der Waals surface area contributed by atoms with E-state index in [0.29, 0.717) is 48.8 Å². The molecular formula is C22H28N2O3. The van der Waals surface area contributed by atoms with E-state index in [-0.39, 0.29) is 11.8 Å². The predicted octanol–water partition coefficient (Wildman–Crippen LogP) is 4.44. The van der Waals surface area contributed by atoms with E-state index in [1.165, 1.54) is 0 Å². The second kappa shape index (κ2) is 9.76. The van der Waals surface area contributed by atoms with Crippen LogP contribution in [-0.4, -0.2) is 47.8 Å². The molecule has 0 aliphatic heterocycles. The molecule has 2 aromatic rings. The molecule has 27 heavy (non-hydrogen) atoms. The van der Waals surface area contributed by atoms with Crippen LogP contribution in [0.1, 0.15) is 48.4 Å². The van der Waals surface area contributed by atoms with Gasteiger partial charge in [-0.05, 0) is 76.2 Å².